The summed E-state index contributed by atoms with van der Waals surface area (Å²) in [5.74, 6) is -0.833. The lowest BCUT2D eigenvalue weighted by atomic mass is 10.0. The van der Waals surface area contributed by atoms with E-state index in [0.717, 1.165) is 29.9 Å². The van der Waals surface area contributed by atoms with Gasteiger partial charge in [0.05, 0.1) is 31.1 Å². The third-order valence-electron chi connectivity index (χ3n) is 6.17. The Balaban J connectivity index is 1.22. The smallest absolute Gasteiger partial charge is 0.255 e. The van der Waals surface area contributed by atoms with Gasteiger partial charge in [0.15, 0.2) is 0 Å². The summed E-state index contributed by atoms with van der Waals surface area (Å²) < 4.78 is 7.52. The molecule has 0 bridgehead atoms. The highest BCUT2D eigenvalue weighted by atomic mass is 16.5. The number of benzene rings is 1. The molecule has 2 unspecified atom stereocenters. The Bertz CT molecular complexity index is 1040. The fraction of sp³-hybridized carbons (Fsp3) is 0.455. The number of nitrogens with one attached hydrogen (secondary N) is 3. The third kappa shape index (κ3) is 4.11. The van der Waals surface area contributed by atoms with Crippen LogP contribution >= 0.6 is 0 Å². The van der Waals surface area contributed by atoms with E-state index in [2.05, 4.69) is 21.0 Å². The van der Waals surface area contributed by atoms with E-state index in [1.807, 2.05) is 29.1 Å². The summed E-state index contributed by atoms with van der Waals surface area (Å²) in [5.41, 5.74) is 3.47. The highest BCUT2D eigenvalue weighted by Gasteiger charge is 2.39. The number of carbonyl (C=O) groups is 3. The zero-order valence-electron chi connectivity index (χ0n) is 17.7. The average Bonchev–Trinajstić information content (AvgIpc) is 3.27. The van der Waals surface area contributed by atoms with Crippen molar-refractivity contribution >= 4 is 23.4 Å². The van der Waals surface area contributed by atoms with Crippen molar-refractivity contribution in [3.05, 3.63) is 47.3 Å². The minimum Gasteiger partial charge on any atom is -0.378 e. The maximum absolute atomic E-state index is 12.8. The van der Waals surface area contributed by atoms with Crippen LogP contribution in [0.25, 0.3) is 0 Å². The van der Waals surface area contributed by atoms with Gasteiger partial charge >= 0.3 is 0 Å². The van der Waals surface area contributed by atoms with Crippen molar-refractivity contribution in [2.45, 2.75) is 38.0 Å². The van der Waals surface area contributed by atoms with Gasteiger partial charge < -0.3 is 20.3 Å². The molecule has 5 rings (SSSR count). The summed E-state index contributed by atoms with van der Waals surface area (Å²) >= 11 is 0. The van der Waals surface area contributed by atoms with Crippen LogP contribution in [-0.2, 0) is 27.4 Å². The molecule has 3 N–H and O–H groups in total. The highest BCUT2D eigenvalue weighted by molar-refractivity contribution is 6.05. The van der Waals surface area contributed by atoms with Crippen molar-refractivity contribution in [1.29, 1.82) is 0 Å². The van der Waals surface area contributed by atoms with Crippen LogP contribution in [0.15, 0.2) is 30.6 Å². The predicted molar refractivity (Wildman–Crippen MR) is 115 cm³/mol. The van der Waals surface area contributed by atoms with Gasteiger partial charge in [-0.25, -0.2) is 0 Å². The molecule has 1 aromatic heterocycles. The fourth-order valence-electron chi connectivity index (χ4n) is 4.43. The number of imide groups is 1. The highest BCUT2D eigenvalue weighted by Crippen LogP contribution is 2.28. The van der Waals surface area contributed by atoms with Crippen molar-refractivity contribution < 1.29 is 19.1 Å². The number of anilines is 1. The number of nitrogens with zero attached hydrogens (tertiary/aromatic N) is 3. The monoisotopic (exact) mass is 438 g/mol. The van der Waals surface area contributed by atoms with Crippen LogP contribution in [0.5, 0.6) is 0 Å². The Labute approximate surface area is 185 Å². The van der Waals surface area contributed by atoms with Crippen LogP contribution in [0.3, 0.4) is 0 Å². The Morgan fingerprint density at radius 3 is 3.03 bits per heavy atom. The van der Waals surface area contributed by atoms with Crippen molar-refractivity contribution in [2.75, 3.05) is 31.6 Å². The van der Waals surface area contributed by atoms with Gasteiger partial charge in [-0.05, 0) is 23.6 Å². The SMILES string of the molecule is O=C1CCC(N2Cc3cc(CNc4cnn(C5CNCCOC5)c4)ccc3C2=O)C(=O)N1. The zero-order chi connectivity index (χ0) is 22.1. The molecule has 2 atom stereocenters. The van der Waals surface area contributed by atoms with Gasteiger partial charge in [0.25, 0.3) is 5.91 Å². The maximum atomic E-state index is 12.8. The number of rotatable bonds is 5. The van der Waals surface area contributed by atoms with Gasteiger partial charge in [0.2, 0.25) is 11.8 Å². The molecule has 32 heavy (non-hydrogen) atoms. The zero-order valence-corrected chi connectivity index (χ0v) is 17.7. The quantitative estimate of drug-likeness (QED) is 0.579. The number of aromatic nitrogens is 2. The van der Waals surface area contributed by atoms with E-state index in [9.17, 15) is 14.4 Å². The molecule has 10 nitrogen and oxygen atoms in total. The van der Waals surface area contributed by atoms with Gasteiger partial charge in [0.1, 0.15) is 6.04 Å². The van der Waals surface area contributed by atoms with E-state index >= 15 is 0 Å². The first-order valence-electron chi connectivity index (χ1n) is 10.9. The normalized spacial score (nSPS) is 23.6. The van der Waals surface area contributed by atoms with E-state index in [0.29, 0.717) is 38.3 Å². The topological polar surface area (TPSA) is 118 Å². The van der Waals surface area contributed by atoms with Crippen LogP contribution in [0.4, 0.5) is 5.69 Å². The molecule has 1 aromatic carbocycles. The van der Waals surface area contributed by atoms with Crippen molar-refractivity contribution in [3.8, 4) is 0 Å². The average molecular weight is 438 g/mol. The lowest BCUT2D eigenvalue weighted by molar-refractivity contribution is -0.136. The largest absolute Gasteiger partial charge is 0.378 e. The lowest BCUT2D eigenvalue weighted by Gasteiger charge is -2.29. The minimum atomic E-state index is -0.595. The number of ether oxygens (including phenoxy) is 1. The fourth-order valence-corrected chi connectivity index (χ4v) is 4.43. The molecule has 2 fully saturated rings. The number of fused-ring (bicyclic) bond motifs is 1. The molecule has 168 valence electrons. The molecule has 4 heterocycles. The Morgan fingerprint density at radius 2 is 2.16 bits per heavy atom. The molecule has 3 aliphatic rings. The van der Waals surface area contributed by atoms with Gasteiger partial charge in [-0.2, -0.15) is 5.10 Å². The number of amides is 3. The molecule has 3 aliphatic heterocycles. The lowest BCUT2D eigenvalue weighted by Crippen LogP contribution is -2.52. The van der Waals surface area contributed by atoms with Gasteiger partial charge in [-0.1, -0.05) is 12.1 Å². The molecule has 3 amide bonds. The molecular weight excluding hydrogens is 412 g/mol. The van der Waals surface area contributed by atoms with Crippen LogP contribution in [-0.4, -0.2) is 64.7 Å². The Kier molecular flexibility index (Phi) is 5.62. The third-order valence-corrected chi connectivity index (χ3v) is 6.17. The van der Waals surface area contributed by atoms with E-state index in [-0.39, 0.29) is 24.3 Å². The second kappa shape index (κ2) is 8.71. The van der Waals surface area contributed by atoms with Crippen molar-refractivity contribution in [3.63, 3.8) is 0 Å². The van der Waals surface area contributed by atoms with Crippen LogP contribution < -0.4 is 16.0 Å². The van der Waals surface area contributed by atoms with Crippen molar-refractivity contribution in [2.24, 2.45) is 0 Å². The van der Waals surface area contributed by atoms with Gasteiger partial charge in [-0.15, -0.1) is 0 Å². The van der Waals surface area contributed by atoms with Gasteiger partial charge in [-0.3, -0.25) is 24.4 Å². The molecule has 0 aliphatic carbocycles. The van der Waals surface area contributed by atoms with E-state index in [1.54, 1.807) is 11.1 Å². The second-order valence-corrected chi connectivity index (χ2v) is 8.39. The van der Waals surface area contributed by atoms with Crippen LogP contribution in [0.1, 0.15) is 40.4 Å². The van der Waals surface area contributed by atoms with Crippen LogP contribution in [0, 0.1) is 0 Å². The molecule has 0 radical (unpaired) electrons. The first kappa shape index (κ1) is 20.7. The molecule has 2 aromatic rings. The Morgan fingerprint density at radius 1 is 1.25 bits per heavy atom. The minimum absolute atomic E-state index is 0.158. The molecule has 10 heteroatoms. The summed E-state index contributed by atoms with van der Waals surface area (Å²) in [5, 5.41) is 13.5. The summed E-state index contributed by atoms with van der Waals surface area (Å²) in [6.45, 7) is 3.99. The standard InChI is InChI=1S/C22H26N6O4/c29-20-4-3-19(21(30)26-20)27-11-15-7-14(1-2-18(15)22(27)31)8-24-16-9-25-28(12-16)17-10-23-5-6-32-13-17/h1-2,7,9,12,17,19,23-24H,3-6,8,10-11,13H2,(H,26,29,30). The second-order valence-electron chi connectivity index (χ2n) is 8.39. The summed E-state index contributed by atoms with van der Waals surface area (Å²) in [6.07, 6.45) is 4.39. The van der Waals surface area contributed by atoms with E-state index in [1.165, 1.54) is 0 Å². The van der Waals surface area contributed by atoms with E-state index in [4.69, 9.17) is 4.74 Å². The summed E-state index contributed by atoms with van der Waals surface area (Å²) in [4.78, 5) is 38.0. The van der Waals surface area contributed by atoms with Crippen molar-refractivity contribution in [1.82, 2.24) is 25.3 Å². The van der Waals surface area contributed by atoms with E-state index < -0.39 is 11.9 Å². The number of hydrogen-bond donors (Lipinski definition) is 3. The Hall–Kier alpha value is -3.24. The molecule has 2 saturated heterocycles. The maximum Gasteiger partial charge on any atom is 0.255 e. The number of carbonyl (C=O) groups excluding carboxylic acids is 3. The summed E-state index contributed by atoms with van der Waals surface area (Å²) in [7, 11) is 0. The summed E-state index contributed by atoms with van der Waals surface area (Å²) in [6, 6.07) is 5.31. The predicted octanol–water partition coefficient (Wildman–Crippen LogP) is 0.417. The first-order valence-corrected chi connectivity index (χ1v) is 10.9. The first-order chi connectivity index (χ1) is 15.6. The molecular formula is C22H26N6O4. The number of piperidine rings is 1. The van der Waals surface area contributed by atoms with Crippen LogP contribution in [0.2, 0.25) is 0 Å². The van der Waals surface area contributed by atoms with Gasteiger partial charge in [0, 0.05) is 44.4 Å². The molecule has 0 spiro atoms. The molecule has 0 saturated carbocycles. The number of hydrogen-bond acceptors (Lipinski definition) is 7.